The minimum absolute atomic E-state index is 0.178. The van der Waals surface area contributed by atoms with Gasteiger partial charge >= 0.3 is 0 Å². The van der Waals surface area contributed by atoms with Crippen molar-refractivity contribution in [2.45, 2.75) is 39.3 Å². The van der Waals surface area contributed by atoms with Crippen molar-refractivity contribution in [3.05, 3.63) is 57.8 Å². The predicted molar refractivity (Wildman–Crippen MR) is 86.7 cm³/mol. The summed E-state index contributed by atoms with van der Waals surface area (Å²) in [5.41, 5.74) is 10.7. The third-order valence-corrected chi connectivity index (χ3v) is 4.67. The van der Waals surface area contributed by atoms with Gasteiger partial charge in [-0.25, -0.2) is 0 Å². The molecule has 3 rings (SSSR count). The maximum Gasteiger partial charge on any atom is 0.0473 e. The van der Waals surface area contributed by atoms with E-state index >= 15 is 0 Å². The van der Waals surface area contributed by atoms with Crippen LogP contribution in [0.15, 0.2) is 41.0 Å². The van der Waals surface area contributed by atoms with E-state index in [1.807, 2.05) is 0 Å². The van der Waals surface area contributed by atoms with Crippen LogP contribution in [0.3, 0.4) is 0 Å². The molecule has 0 amide bonds. The molecule has 0 fully saturated rings. The molecule has 1 unspecified atom stereocenters. The maximum atomic E-state index is 6.33. The molecule has 106 valence electrons. The monoisotopic (exact) mass is 332 g/mol. The number of rotatable bonds is 2. The van der Waals surface area contributed by atoms with Crippen molar-refractivity contribution in [3.63, 3.8) is 0 Å². The number of halogens is 1. The Balaban J connectivity index is 1.93. The Hall–Kier alpha value is -1.06. The predicted octanol–water partition coefficient (Wildman–Crippen LogP) is 4.27. The first-order valence-electron chi connectivity index (χ1n) is 7.12. The van der Waals surface area contributed by atoms with E-state index in [2.05, 4.69) is 70.9 Å². The van der Waals surface area contributed by atoms with Gasteiger partial charge in [0, 0.05) is 29.0 Å². The first kappa shape index (κ1) is 13.9. The third-order valence-electron chi connectivity index (χ3n) is 4.17. The fraction of sp³-hybridized carbons (Fsp3) is 0.412. The SMILES string of the molecule is CC1(C)Cc2c(ccn2Cc2cccc(Br)c2)C(N)C1. The van der Waals surface area contributed by atoms with Gasteiger partial charge < -0.3 is 10.3 Å². The summed E-state index contributed by atoms with van der Waals surface area (Å²) in [6.45, 7) is 5.54. The number of hydrogen-bond acceptors (Lipinski definition) is 1. The van der Waals surface area contributed by atoms with Crippen molar-refractivity contribution < 1.29 is 0 Å². The summed E-state index contributed by atoms with van der Waals surface area (Å²) in [5.74, 6) is 0. The Bertz CT molecular complexity index is 628. The highest BCUT2D eigenvalue weighted by Crippen LogP contribution is 2.40. The van der Waals surface area contributed by atoms with Crippen LogP contribution in [-0.2, 0) is 13.0 Å². The summed E-state index contributed by atoms with van der Waals surface area (Å²) in [4.78, 5) is 0. The Morgan fingerprint density at radius 1 is 1.35 bits per heavy atom. The summed E-state index contributed by atoms with van der Waals surface area (Å²) in [5, 5.41) is 0. The molecule has 3 heteroatoms. The van der Waals surface area contributed by atoms with Crippen LogP contribution in [0.25, 0.3) is 0 Å². The van der Waals surface area contributed by atoms with Gasteiger partial charge in [0.1, 0.15) is 0 Å². The Morgan fingerprint density at radius 3 is 2.90 bits per heavy atom. The van der Waals surface area contributed by atoms with Crippen LogP contribution in [0.4, 0.5) is 0 Å². The molecule has 1 aromatic carbocycles. The number of fused-ring (bicyclic) bond motifs is 1. The maximum absolute atomic E-state index is 6.33. The van der Waals surface area contributed by atoms with E-state index in [0.29, 0.717) is 5.41 Å². The van der Waals surface area contributed by atoms with E-state index < -0.39 is 0 Å². The lowest BCUT2D eigenvalue weighted by Crippen LogP contribution is -2.30. The molecular weight excluding hydrogens is 312 g/mol. The van der Waals surface area contributed by atoms with E-state index in [4.69, 9.17) is 5.73 Å². The average molecular weight is 333 g/mol. The second kappa shape index (κ2) is 5.05. The van der Waals surface area contributed by atoms with Crippen molar-refractivity contribution in [1.82, 2.24) is 4.57 Å². The van der Waals surface area contributed by atoms with E-state index in [9.17, 15) is 0 Å². The number of nitrogens with two attached hydrogens (primary N) is 1. The lowest BCUT2D eigenvalue weighted by molar-refractivity contribution is 0.276. The van der Waals surface area contributed by atoms with Gasteiger partial charge in [0.05, 0.1) is 0 Å². The molecule has 20 heavy (non-hydrogen) atoms. The second-order valence-electron chi connectivity index (χ2n) is 6.63. The molecule has 0 radical (unpaired) electrons. The van der Waals surface area contributed by atoms with Crippen LogP contribution < -0.4 is 5.73 Å². The largest absolute Gasteiger partial charge is 0.347 e. The van der Waals surface area contributed by atoms with Gasteiger partial charge in [-0.1, -0.05) is 41.9 Å². The van der Waals surface area contributed by atoms with Gasteiger partial charge in [0.2, 0.25) is 0 Å². The molecule has 0 saturated heterocycles. The standard InChI is InChI=1S/C17H21BrN2/c1-17(2)9-15(19)14-6-7-20(16(14)10-17)11-12-4-3-5-13(18)8-12/h3-8,15H,9-11,19H2,1-2H3. The van der Waals surface area contributed by atoms with Crippen molar-refractivity contribution in [1.29, 1.82) is 0 Å². The van der Waals surface area contributed by atoms with Crippen molar-refractivity contribution in [3.8, 4) is 0 Å². The van der Waals surface area contributed by atoms with Gasteiger partial charge in [-0.2, -0.15) is 0 Å². The molecule has 1 heterocycles. The lowest BCUT2D eigenvalue weighted by atomic mass is 9.74. The summed E-state index contributed by atoms with van der Waals surface area (Å²) in [6, 6.07) is 10.9. The van der Waals surface area contributed by atoms with Crippen LogP contribution in [0.1, 0.15) is 43.1 Å². The third kappa shape index (κ3) is 2.70. The highest BCUT2D eigenvalue weighted by molar-refractivity contribution is 9.10. The molecule has 1 atom stereocenters. The van der Waals surface area contributed by atoms with Crippen LogP contribution >= 0.6 is 15.9 Å². The molecule has 2 nitrogen and oxygen atoms in total. The molecule has 0 aliphatic heterocycles. The van der Waals surface area contributed by atoms with Crippen molar-refractivity contribution in [2.75, 3.05) is 0 Å². The first-order valence-corrected chi connectivity index (χ1v) is 7.92. The lowest BCUT2D eigenvalue weighted by Gasteiger charge is -2.34. The van der Waals surface area contributed by atoms with E-state index in [0.717, 1.165) is 23.9 Å². The molecule has 0 spiro atoms. The van der Waals surface area contributed by atoms with Gasteiger partial charge in [-0.3, -0.25) is 0 Å². The molecule has 0 saturated carbocycles. The number of nitrogens with zero attached hydrogens (tertiary/aromatic N) is 1. The zero-order chi connectivity index (χ0) is 14.3. The van der Waals surface area contributed by atoms with E-state index in [-0.39, 0.29) is 6.04 Å². The van der Waals surface area contributed by atoms with Crippen molar-refractivity contribution >= 4 is 15.9 Å². The smallest absolute Gasteiger partial charge is 0.0473 e. The zero-order valence-corrected chi connectivity index (χ0v) is 13.7. The molecule has 1 aliphatic rings. The van der Waals surface area contributed by atoms with Gasteiger partial charge in [-0.15, -0.1) is 0 Å². The second-order valence-corrected chi connectivity index (χ2v) is 7.54. The normalized spacial score (nSPS) is 20.7. The molecule has 2 N–H and O–H groups in total. The number of hydrogen-bond donors (Lipinski definition) is 1. The Labute approximate surface area is 129 Å². The summed E-state index contributed by atoms with van der Waals surface area (Å²) in [6.07, 6.45) is 4.37. The van der Waals surface area contributed by atoms with Crippen LogP contribution in [-0.4, -0.2) is 4.57 Å². The molecule has 0 bridgehead atoms. The van der Waals surface area contributed by atoms with Gasteiger partial charge in [0.15, 0.2) is 0 Å². The van der Waals surface area contributed by atoms with Crippen LogP contribution in [0, 0.1) is 5.41 Å². The topological polar surface area (TPSA) is 30.9 Å². The minimum atomic E-state index is 0.178. The first-order chi connectivity index (χ1) is 9.44. The van der Waals surface area contributed by atoms with E-state index in [1.165, 1.54) is 16.8 Å². The van der Waals surface area contributed by atoms with Gasteiger partial charge in [-0.05, 0) is 47.6 Å². The average Bonchev–Trinajstić information content (AvgIpc) is 2.71. The molecule has 1 aromatic heterocycles. The number of benzene rings is 1. The summed E-state index contributed by atoms with van der Waals surface area (Å²) >= 11 is 3.54. The molecular formula is C17H21BrN2. The fourth-order valence-corrected chi connectivity index (χ4v) is 3.72. The molecule has 1 aliphatic carbocycles. The highest BCUT2D eigenvalue weighted by Gasteiger charge is 2.32. The quantitative estimate of drug-likeness (QED) is 0.874. The van der Waals surface area contributed by atoms with E-state index in [1.54, 1.807) is 0 Å². The summed E-state index contributed by atoms with van der Waals surface area (Å²) < 4.78 is 3.49. The fourth-order valence-electron chi connectivity index (χ4n) is 3.27. The molecule has 2 aromatic rings. The highest BCUT2D eigenvalue weighted by atomic mass is 79.9. The van der Waals surface area contributed by atoms with Gasteiger partial charge in [0.25, 0.3) is 0 Å². The minimum Gasteiger partial charge on any atom is -0.347 e. The van der Waals surface area contributed by atoms with Crippen molar-refractivity contribution in [2.24, 2.45) is 11.1 Å². The summed E-state index contributed by atoms with van der Waals surface area (Å²) in [7, 11) is 0. The Morgan fingerprint density at radius 2 is 2.15 bits per heavy atom. The number of aromatic nitrogens is 1. The Kier molecular flexibility index (Phi) is 3.51. The van der Waals surface area contributed by atoms with Crippen LogP contribution in [0.5, 0.6) is 0 Å². The van der Waals surface area contributed by atoms with Crippen LogP contribution in [0.2, 0.25) is 0 Å². The zero-order valence-electron chi connectivity index (χ0n) is 12.1.